The Morgan fingerprint density at radius 2 is 1.95 bits per heavy atom. The van der Waals surface area contributed by atoms with Crippen molar-refractivity contribution in [2.45, 2.75) is 26.7 Å². The minimum Gasteiger partial charge on any atom is -0.352 e. The quantitative estimate of drug-likeness (QED) is 0.884. The van der Waals surface area contributed by atoms with Gasteiger partial charge in [0.25, 0.3) is 11.5 Å². The Balaban J connectivity index is 2.02. The minimum atomic E-state index is -0.332. The van der Waals surface area contributed by atoms with Crippen LogP contribution in [-0.4, -0.2) is 17.4 Å². The smallest absolute Gasteiger partial charge is 0.261 e. The highest BCUT2D eigenvalue weighted by Crippen LogP contribution is 2.05. The second-order valence-corrected chi connectivity index (χ2v) is 5.01. The number of amides is 1. The van der Waals surface area contributed by atoms with Crippen molar-refractivity contribution in [3.63, 3.8) is 0 Å². The molecule has 1 aromatic heterocycles. The van der Waals surface area contributed by atoms with Gasteiger partial charge >= 0.3 is 0 Å². The summed E-state index contributed by atoms with van der Waals surface area (Å²) in [4.78, 5) is 26.7. The van der Waals surface area contributed by atoms with Crippen molar-refractivity contribution in [3.05, 3.63) is 69.1 Å². The highest BCUT2D eigenvalue weighted by atomic mass is 16.2. The largest absolute Gasteiger partial charge is 0.352 e. The van der Waals surface area contributed by atoms with Crippen molar-refractivity contribution in [1.82, 2.24) is 10.3 Å². The summed E-state index contributed by atoms with van der Waals surface area (Å²) in [6, 6.07) is 11.6. The fourth-order valence-corrected chi connectivity index (χ4v) is 2.26. The first-order chi connectivity index (χ1) is 10.1. The summed E-state index contributed by atoms with van der Waals surface area (Å²) >= 11 is 0. The topological polar surface area (TPSA) is 62.0 Å². The van der Waals surface area contributed by atoms with Gasteiger partial charge in [-0.3, -0.25) is 9.59 Å². The Morgan fingerprint density at radius 3 is 2.62 bits per heavy atom. The summed E-state index contributed by atoms with van der Waals surface area (Å²) < 4.78 is 0. The molecule has 4 heteroatoms. The van der Waals surface area contributed by atoms with Gasteiger partial charge in [-0.1, -0.05) is 37.3 Å². The second-order valence-electron chi connectivity index (χ2n) is 5.01. The molecule has 0 atom stereocenters. The lowest BCUT2D eigenvalue weighted by Gasteiger charge is -2.08. The van der Waals surface area contributed by atoms with E-state index in [0.717, 1.165) is 29.7 Å². The van der Waals surface area contributed by atoms with Crippen molar-refractivity contribution in [3.8, 4) is 0 Å². The van der Waals surface area contributed by atoms with E-state index in [1.54, 1.807) is 6.07 Å². The number of aromatic nitrogens is 1. The Labute approximate surface area is 124 Å². The summed E-state index contributed by atoms with van der Waals surface area (Å²) in [5, 5.41) is 2.80. The van der Waals surface area contributed by atoms with Crippen molar-refractivity contribution >= 4 is 5.91 Å². The Morgan fingerprint density at radius 1 is 1.24 bits per heavy atom. The monoisotopic (exact) mass is 284 g/mol. The van der Waals surface area contributed by atoms with Crippen molar-refractivity contribution in [2.75, 3.05) is 6.54 Å². The molecule has 2 rings (SSSR count). The zero-order valence-corrected chi connectivity index (χ0v) is 12.4. The average Bonchev–Trinajstić information content (AvgIpc) is 2.48. The normalized spacial score (nSPS) is 10.4. The van der Waals surface area contributed by atoms with Crippen LogP contribution in [-0.2, 0) is 12.8 Å². The number of benzene rings is 1. The molecule has 0 aliphatic carbocycles. The molecule has 110 valence electrons. The fraction of sp³-hybridized carbons (Fsp3) is 0.294. The zero-order chi connectivity index (χ0) is 15.2. The number of rotatable bonds is 5. The van der Waals surface area contributed by atoms with Crippen LogP contribution in [0.15, 0.2) is 41.2 Å². The maximum Gasteiger partial charge on any atom is 0.261 e. The average molecular weight is 284 g/mol. The van der Waals surface area contributed by atoms with Gasteiger partial charge < -0.3 is 10.3 Å². The van der Waals surface area contributed by atoms with Crippen LogP contribution in [0.5, 0.6) is 0 Å². The molecule has 4 nitrogen and oxygen atoms in total. The molecular formula is C17H20N2O2. The van der Waals surface area contributed by atoms with Crippen LogP contribution in [0.25, 0.3) is 0 Å². The number of aromatic amines is 1. The number of aryl methyl sites for hydroxylation is 2. The molecule has 21 heavy (non-hydrogen) atoms. The molecule has 0 bridgehead atoms. The highest BCUT2D eigenvalue weighted by molar-refractivity contribution is 5.94. The van der Waals surface area contributed by atoms with Crippen molar-refractivity contribution in [2.24, 2.45) is 0 Å². The summed E-state index contributed by atoms with van der Waals surface area (Å²) in [7, 11) is 0. The van der Waals surface area contributed by atoms with Gasteiger partial charge in [-0.2, -0.15) is 0 Å². The lowest BCUT2D eigenvalue weighted by molar-refractivity contribution is 0.0952. The summed E-state index contributed by atoms with van der Waals surface area (Å²) in [5.41, 5.74) is 2.82. The van der Waals surface area contributed by atoms with Gasteiger partial charge in [0.05, 0.1) is 0 Å². The molecule has 0 aliphatic rings. The van der Waals surface area contributed by atoms with Crippen molar-refractivity contribution in [1.29, 1.82) is 0 Å². The van der Waals surface area contributed by atoms with Crippen LogP contribution < -0.4 is 10.9 Å². The maximum absolute atomic E-state index is 12.1. The SMILES string of the molecule is CCc1cc(C(=O)NCCc2ccccc2)c(=O)[nH]c1C. The van der Waals surface area contributed by atoms with Gasteiger partial charge in [-0.15, -0.1) is 0 Å². The van der Waals surface area contributed by atoms with Crippen LogP contribution in [0.3, 0.4) is 0 Å². The molecule has 2 N–H and O–H groups in total. The van der Waals surface area contributed by atoms with Gasteiger partial charge in [-0.05, 0) is 37.0 Å². The third kappa shape index (κ3) is 3.81. The van der Waals surface area contributed by atoms with E-state index in [2.05, 4.69) is 10.3 Å². The number of hydrogen-bond acceptors (Lipinski definition) is 2. The van der Waals surface area contributed by atoms with E-state index in [1.165, 1.54) is 0 Å². The predicted molar refractivity (Wildman–Crippen MR) is 83.7 cm³/mol. The van der Waals surface area contributed by atoms with Gasteiger partial charge in [0, 0.05) is 12.2 Å². The molecule has 1 aromatic carbocycles. The van der Waals surface area contributed by atoms with E-state index < -0.39 is 0 Å². The van der Waals surface area contributed by atoms with Crippen LogP contribution >= 0.6 is 0 Å². The summed E-state index contributed by atoms with van der Waals surface area (Å²) in [6.45, 7) is 4.35. The molecule has 0 spiro atoms. The van der Waals surface area contributed by atoms with Crippen LogP contribution in [0.2, 0.25) is 0 Å². The first-order valence-electron chi connectivity index (χ1n) is 7.16. The van der Waals surface area contributed by atoms with E-state index in [-0.39, 0.29) is 17.0 Å². The molecule has 0 unspecified atom stereocenters. The van der Waals surface area contributed by atoms with E-state index in [4.69, 9.17) is 0 Å². The van der Waals surface area contributed by atoms with Gasteiger partial charge in [0.1, 0.15) is 5.56 Å². The molecule has 0 radical (unpaired) electrons. The Kier molecular flexibility index (Phi) is 4.93. The van der Waals surface area contributed by atoms with Gasteiger partial charge in [0.2, 0.25) is 0 Å². The molecule has 0 aliphatic heterocycles. The first kappa shape index (κ1) is 15.0. The number of nitrogens with one attached hydrogen (secondary N) is 2. The standard InChI is InChI=1S/C17H20N2O2/c1-3-14-11-15(17(21)19-12(14)2)16(20)18-10-9-13-7-5-4-6-8-13/h4-8,11H,3,9-10H2,1-2H3,(H,18,20)(H,19,21). The minimum absolute atomic E-state index is 0.186. The lowest BCUT2D eigenvalue weighted by Crippen LogP contribution is -2.31. The molecule has 0 saturated heterocycles. The summed E-state index contributed by atoms with van der Waals surface area (Å²) in [6.07, 6.45) is 1.53. The molecule has 0 saturated carbocycles. The van der Waals surface area contributed by atoms with E-state index in [9.17, 15) is 9.59 Å². The molecule has 2 aromatic rings. The number of carbonyl (C=O) groups is 1. The van der Waals surface area contributed by atoms with E-state index in [0.29, 0.717) is 6.54 Å². The molecule has 1 heterocycles. The second kappa shape index (κ2) is 6.88. The third-order valence-corrected chi connectivity index (χ3v) is 3.51. The highest BCUT2D eigenvalue weighted by Gasteiger charge is 2.12. The third-order valence-electron chi connectivity index (χ3n) is 3.51. The van der Waals surface area contributed by atoms with Crippen molar-refractivity contribution < 1.29 is 4.79 Å². The summed E-state index contributed by atoms with van der Waals surface area (Å²) in [5.74, 6) is -0.318. The Hall–Kier alpha value is -2.36. The van der Waals surface area contributed by atoms with E-state index in [1.807, 2.05) is 44.2 Å². The predicted octanol–water partition coefficient (Wildman–Crippen LogP) is 2.22. The molecular weight excluding hydrogens is 264 g/mol. The van der Waals surface area contributed by atoms with Crippen LogP contribution in [0, 0.1) is 6.92 Å². The molecule has 1 amide bonds. The Bertz CT molecular complexity index is 675. The number of H-pyrrole nitrogens is 1. The van der Waals surface area contributed by atoms with Crippen LogP contribution in [0.1, 0.15) is 34.1 Å². The maximum atomic E-state index is 12.1. The van der Waals surface area contributed by atoms with Gasteiger partial charge in [-0.25, -0.2) is 0 Å². The lowest BCUT2D eigenvalue weighted by atomic mass is 10.1. The van der Waals surface area contributed by atoms with Gasteiger partial charge in [0.15, 0.2) is 0 Å². The first-order valence-corrected chi connectivity index (χ1v) is 7.16. The van der Waals surface area contributed by atoms with E-state index >= 15 is 0 Å². The zero-order valence-electron chi connectivity index (χ0n) is 12.4. The fourth-order valence-electron chi connectivity index (χ4n) is 2.26. The number of hydrogen-bond donors (Lipinski definition) is 2. The molecule has 0 fully saturated rings. The number of pyridine rings is 1. The van der Waals surface area contributed by atoms with Crippen LogP contribution in [0.4, 0.5) is 0 Å². The number of carbonyl (C=O) groups excluding carboxylic acids is 1.